The maximum atomic E-state index is 11.7. The molecule has 2 heteroatoms. The first-order valence-electron chi connectivity index (χ1n) is 5.99. The Morgan fingerprint density at radius 2 is 2.12 bits per heavy atom. The minimum Gasteiger partial charge on any atom is -0.462 e. The first kappa shape index (κ1) is 11.2. The van der Waals surface area contributed by atoms with Crippen molar-refractivity contribution in [3.8, 4) is 0 Å². The Balaban J connectivity index is 1.86. The Morgan fingerprint density at radius 1 is 1.38 bits per heavy atom. The van der Waals surface area contributed by atoms with Crippen molar-refractivity contribution in [2.75, 3.05) is 0 Å². The van der Waals surface area contributed by atoms with Crippen molar-refractivity contribution in [2.45, 2.75) is 45.1 Å². The van der Waals surface area contributed by atoms with Crippen molar-refractivity contribution in [3.05, 3.63) is 35.4 Å². The monoisotopic (exact) mass is 218 g/mol. The van der Waals surface area contributed by atoms with Gasteiger partial charge < -0.3 is 4.74 Å². The highest BCUT2D eigenvalue weighted by Crippen LogP contribution is 2.21. The van der Waals surface area contributed by atoms with Gasteiger partial charge in [-0.3, -0.25) is 4.79 Å². The van der Waals surface area contributed by atoms with E-state index in [0.29, 0.717) is 6.42 Å². The molecule has 0 aromatic heterocycles. The van der Waals surface area contributed by atoms with Crippen molar-refractivity contribution in [2.24, 2.45) is 0 Å². The highest BCUT2D eigenvalue weighted by atomic mass is 16.5. The Morgan fingerprint density at radius 3 is 2.81 bits per heavy atom. The van der Waals surface area contributed by atoms with Crippen LogP contribution < -0.4 is 0 Å². The standard InChI is InChI=1S/C14H18O2/c1-11-5-4-6-12(9-11)10-14(15)16-13-7-2-3-8-13/h4-6,9,13H,2-3,7-8,10H2,1H3. The van der Waals surface area contributed by atoms with Crippen LogP contribution in [0.5, 0.6) is 0 Å². The molecule has 0 spiro atoms. The van der Waals surface area contributed by atoms with Gasteiger partial charge in [-0.15, -0.1) is 0 Å². The van der Waals surface area contributed by atoms with Crippen LogP contribution in [-0.2, 0) is 16.0 Å². The summed E-state index contributed by atoms with van der Waals surface area (Å²) in [6.07, 6.45) is 5.06. The minimum atomic E-state index is -0.0856. The third-order valence-electron chi connectivity index (χ3n) is 3.03. The average Bonchev–Trinajstić information content (AvgIpc) is 2.70. The van der Waals surface area contributed by atoms with E-state index in [0.717, 1.165) is 18.4 Å². The average molecular weight is 218 g/mol. The molecule has 16 heavy (non-hydrogen) atoms. The molecule has 0 unspecified atom stereocenters. The van der Waals surface area contributed by atoms with Crippen LogP contribution in [-0.4, -0.2) is 12.1 Å². The number of hydrogen-bond acceptors (Lipinski definition) is 2. The fourth-order valence-electron chi connectivity index (χ4n) is 2.22. The number of rotatable bonds is 3. The Bertz CT molecular complexity index is 365. The molecule has 1 aliphatic rings. The van der Waals surface area contributed by atoms with E-state index in [1.807, 2.05) is 31.2 Å². The van der Waals surface area contributed by atoms with Gasteiger partial charge in [0.05, 0.1) is 6.42 Å². The number of aryl methyl sites for hydroxylation is 1. The van der Waals surface area contributed by atoms with Crippen LogP contribution in [0.2, 0.25) is 0 Å². The Kier molecular flexibility index (Phi) is 3.60. The van der Waals surface area contributed by atoms with Crippen molar-refractivity contribution in [1.82, 2.24) is 0 Å². The van der Waals surface area contributed by atoms with E-state index in [2.05, 4.69) is 0 Å². The largest absolute Gasteiger partial charge is 0.462 e. The summed E-state index contributed by atoms with van der Waals surface area (Å²) in [5.41, 5.74) is 2.23. The second-order valence-corrected chi connectivity index (χ2v) is 4.56. The SMILES string of the molecule is Cc1cccc(CC(=O)OC2CCCC2)c1. The van der Waals surface area contributed by atoms with Gasteiger partial charge in [0.25, 0.3) is 0 Å². The molecular formula is C14H18O2. The lowest BCUT2D eigenvalue weighted by Gasteiger charge is -2.11. The lowest BCUT2D eigenvalue weighted by molar-refractivity contribution is -0.147. The molecule has 1 aliphatic carbocycles. The summed E-state index contributed by atoms with van der Waals surface area (Å²) in [7, 11) is 0. The van der Waals surface area contributed by atoms with Gasteiger partial charge in [0.1, 0.15) is 6.10 Å². The quantitative estimate of drug-likeness (QED) is 0.729. The predicted octanol–water partition coefficient (Wildman–Crippen LogP) is 3.02. The van der Waals surface area contributed by atoms with E-state index >= 15 is 0 Å². The maximum absolute atomic E-state index is 11.7. The number of benzene rings is 1. The van der Waals surface area contributed by atoms with Gasteiger partial charge in [0.15, 0.2) is 0 Å². The summed E-state index contributed by atoms with van der Waals surface area (Å²) in [6.45, 7) is 2.03. The first-order chi connectivity index (χ1) is 7.74. The molecule has 0 aliphatic heterocycles. The lowest BCUT2D eigenvalue weighted by atomic mass is 10.1. The van der Waals surface area contributed by atoms with E-state index in [4.69, 9.17) is 4.74 Å². The maximum Gasteiger partial charge on any atom is 0.310 e. The van der Waals surface area contributed by atoms with Crippen LogP contribution in [0, 0.1) is 6.92 Å². The van der Waals surface area contributed by atoms with Crippen LogP contribution in [0.4, 0.5) is 0 Å². The van der Waals surface area contributed by atoms with Gasteiger partial charge in [0, 0.05) is 0 Å². The van der Waals surface area contributed by atoms with E-state index in [1.165, 1.54) is 18.4 Å². The van der Waals surface area contributed by atoms with Crippen LogP contribution in [0.15, 0.2) is 24.3 Å². The number of carbonyl (C=O) groups excluding carboxylic acids is 1. The first-order valence-corrected chi connectivity index (χ1v) is 5.99. The van der Waals surface area contributed by atoms with Gasteiger partial charge in [0.2, 0.25) is 0 Å². The topological polar surface area (TPSA) is 26.3 Å². The molecule has 0 N–H and O–H groups in total. The minimum absolute atomic E-state index is 0.0856. The zero-order chi connectivity index (χ0) is 11.4. The van der Waals surface area contributed by atoms with Crippen LogP contribution in [0.3, 0.4) is 0 Å². The smallest absolute Gasteiger partial charge is 0.310 e. The fourth-order valence-corrected chi connectivity index (χ4v) is 2.22. The summed E-state index contributed by atoms with van der Waals surface area (Å²) in [5, 5.41) is 0. The Hall–Kier alpha value is -1.31. The van der Waals surface area contributed by atoms with E-state index in [-0.39, 0.29) is 12.1 Å². The zero-order valence-corrected chi connectivity index (χ0v) is 9.74. The third kappa shape index (κ3) is 3.09. The molecule has 0 radical (unpaired) electrons. The number of esters is 1. The van der Waals surface area contributed by atoms with Crippen molar-refractivity contribution >= 4 is 5.97 Å². The third-order valence-corrected chi connectivity index (χ3v) is 3.03. The number of ether oxygens (including phenoxy) is 1. The molecular weight excluding hydrogens is 200 g/mol. The Labute approximate surface area is 96.6 Å². The summed E-state index contributed by atoms with van der Waals surface area (Å²) in [4.78, 5) is 11.7. The number of hydrogen-bond donors (Lipinski definition) is 0. The van der Waals surface area contributed by atoms with Gasteiger partial charge in [-0.25, -0.2) is 0 Å². The lowest BCUT2D eigenvalue weighted by Crippen LogP contribution is -2.16. The van der Waals surface area contributed by atoms with Crippen LogP contribution in [0.25, 0.3) is 0 Å². The molecule has 0 amide bonds. The van der Waals surface area contributed by atoms with Crippen LogP contribution >= 0.6 is 0 Å². The molecule has 0 atom stereocenters. The molecule has 1 aromatic rings. The molecule has 1 saturated carbocycles. The molecule has 0 bridgehead atoms. The fraction of sp³-hybridized carbons (Fsp3) is 0.500. The highest BCUT2D eigenvalue weighted by molar-refractivity contribution is 5.72. The van der Waals surface area contributed by atoms with Gasteiger partial charge in [-0.1, -0.05) is 29.8 Å². The summed E-state index contributed by atoms with van der Waals surface area (Å²) in [5.74, 6) is -0.0856. The summed E-state index contributed by atoms with van der Waals surface area (Å²) >= 11 is 0. The molecule has 0 heterocycles. The van der Waals surface area contributed by atoms with E-state index in [1.54, 1.807) is 0 Å². The normalized spacial score (nSPS) is 16.3. The van der Waals surface area contributed by atoms with Gasteiger partial charge in [-0.05, 0) is 38.2 Å². The second kappa shape index (κ2) is 5.15. The molecule has 2 rings (SSSR count). The summed E-state index contributed by atoms with van der Waals surface area (Å²) in [6, 6.07) is 8.03. The van der Waals surface area contributed by atoms with Crippen molar-refractivity contribution in [1.29, 1.82) is 0 Å². The predicted molar refractivity (Wildman–Crippen MR) is 63.2 cm³/mol. The van der Waals surface area contributed by atoms with E-state index < -0.39 is 0 Å². The zero-order valence-electron chi connectivity index (χ0n) is 9.74. The molecule has 1 fully saturated rings. The van der Waals surface area contributed by atoms with Crippen molar-refractivity contribution in [3.63, 3.8) is 0 Å². The highest BCUT2D eigenvalue weighted by Gasteiger charge is 2.19. The molecule has 0 saturated heterocycles. The summed E-state index contributed by atoms with van der Waals surface area (Å²) < 4.78 is 5.42. The number of carbonyl (C=O) groups is 1. The molecule has 2 nitrogen and oxygen atoms in total. The van der Waals surface area contributed by atoms with Gasteiger partial charge in [-0.2, -0.15) is 0 Å². The van der Waals surface area contributed by atoms with E-state index in [9.17, 15) is 4.79 Å². The van der Waals surface area contributed by atoms with Gasteiger partial charge >= 0.3 is 5.97 Å². The van der Waals surface area contributed by atoms with Crippen molar-refractivity contribution < 1.29 is 9.53 Å². The molecule has 1 aromatic carbocycles. The van der Waals surface area contributed by atoms with Crippen LogP contribution in [0.1, 0.15) is 36.8 Å². The molecule has 86 valence electrons. The second-order valence-electron chi connectivity index (χ2n) is 4.56.